The van der Waals surface area contributed by atoms with Crippen LogP contribution in [-0.4, -0.2) is 24.0 Å². The smallest absolute Gasteiger partial charge is 0.222 e. The number of rotatable bonds is 5. The molecule has 0 heterocycles. The van der Waals surface area contributed by atoms with Crippen molar-refractivity contribution in [1.29, 1.82) is 0 Å². The lowest BCUT2D eigenvalue weighted by molar-refractivity contribution is -0.126. The number of amides is 1. The summed E-state index contributed by atoms with van der Waals surface area (Å²) in [7, 11) is 1.66. The summed E-state index contributed by atoms with van der Waals surface area (Å²) in [5.74, 6) is 59.4. The minimum absolute atomic E-state index is 0.0634. The van der Waals surface area contributed by atoms with Crippen molar-refractivity contribution in [2.24, 2.45) is 5.92 Å². The third kappa shape index (κ3) is 21.1. The van der Waals surface area contributed by atoms with Gasteiger partial charge >= 0.3 is 0 Å². The van der Waals surface area contributed by atoms with Crippen molar-refractivity contribution >= 4 is 5.91 Å². The zero-order valence-electron chi connectivity index (χ0n) is 25.0. The van der Waals surface area contributed by atoms with Crippen LogP contribution < -0.4 is 5.32 Å². The predicted molar refractivity (Wildman–Crippen MR) is 181 cm³/mol. The fraction of sp³-hybridized carbons (Fsp3) is 0.167. The Labute approximate surface area is 274 Å². The predicted octanol–water partition coefficient (Wildman–Crippen LogP) is 2.62. The van der Waals surface area contributed by atoms with E-state index in [1.54, 1.807) is 32.0 Å². The van der Waals surface area contributed by atoms with Gasteiger partial charge in [-0.15, -0.1) is 18.8 Å². The molecule has 46 heavy (non-hydrogen) atoms. The lowest BCUT2D eigenvalue weighted by Gasteiger charge is -2.27. The number of carbonyl (C=O) groups is 1. The summed E-state index contributed by atoms with van der Waals surface area (Å²) < 4.78 is 5.61. The first-order valence-corrected chi connectivity index (χ1v) is 13.4. The SMILES string of the molecule is C=C[CH-]C#CC#CC#CC#CN(C#CC#CC#CC#CC#C[C-]=COC1CCC(C(=O)NC)CC1)C#CC#CC#CC#C[CH-]C=C. The normalized spacial score (nSPS) is 11.8. The quantitative estimate of drug-likeness (QED) is 0.233. The van der Waals surface area contributed by atoms with Crippen LogP contribution in [0, 0.1) is 179 Å². The Kier molecular flexibility index (Phi) is 21.7. The van der Waals surface area contributed by atoms with Crippen molar-refractivity contribution in [1.82, 2.24) is 10.2 Å². The van der Waals surface area contributed by atoms with Gasteiger partial charge in [-0.05, 0) is 67.1 Å². The molecule has 0 aromatic rings. The molecule has 0 aromatic heterocycles. The number of nitrogens with one attached hydrogen (secondary N) is 1. The second-order valence-electron chi connectivity index (χ2n) is 7.88. The summed E-state index contributed by atoms with van der Waals surface area (Å²) in [6.45, 7) is 7.03. The Bertz CT molecular complexity index is 1920. The van der Waals surface area contributed by atoms with Crippen LogP contribution in [0.1, 0.15) is 25.7 Å². The van der Waals surface area contributed by atoms with E-state index in [0.717, 1.165) is 30.6 Å². The molecule has 1 amide bonds. The number of hydrogen-bond acceptors (Lipinski definition) is 3. The highest BCUT2D eigenvalue weighted by Crippen LogP contribution is 2.26. The van der Waals surface area contributed by atoms with Crippen molar-refractivity contribution in [3.8, 4) is 154 Å². The molecule has 4 nitrogen and oxygen atoms in total. The monoisotopic (exact) mass is 587 g/mol. The first kappa shape index (κ1) is 36.3. The van der Waals surface area contributed by atoms with E-state index in [2.05, 4.69) is 179 Å². The van der Waals surface area contributed by atoms with Crippen LogP contribution in [0.2, 0.25) is 0 Å². The van der Waals surface area contributed by atoms with E-state index in [1.165, 1.54) is 6.26 Å². The Morgan fingerprint density at radius 1 is 0.674 bits per heavy atom. The molecule has 0 unspecified atom stereocenters. The molecule has 0 aromatic carbocycles. The highest BCUT2D eigenvalue weighted by Gasteiger charge is 2.25. The van der Waals surface area contributed by atoms with Gasteiger partial charge in [0, 0.05) is 78.8 Å². The van der Waals surface area contributed by atoms with Gasteiger partial charge in [0.05, 0.1) is 6.10 Å². The summed E-state index contributed by atoms with van der Waals surface area (Å²) in [5, 5.41) is 2.69. The van der Waals surface area contributed by atoms with Gasteiger partial charge < -0.3 is 10.1 Å². The van der Waals surface area contributed by atoms with Gasteiger partial charge in [0.2, 0.25) is 5.91 Å². The molecule has 1 saturated carbocycles. The fourth-order valence-electron chi connectivity index (χ4n) is 2.94. The van der Waals surface area contributed by atoms with E-state index in [-0.39, 0.29) is 17.9 Å². The minimum atomic E-state index is 0.0634. The molecule has 0 saturated heterocycles. The zero-order valence-corrected chi connectivity index (χ0v) is 25.0. The molecule has 1 aliphatic rings. The Morgan fingerprint density at radius 3 is 1.52 bits per heavy atom. The minimum Gasteiger partial charge on any atom is -0.517 e. The van der Waals surface area contributed by atoms with Crippen LogP contribution in [0.25, 0.3) is 0 Å². The molecular formula is C42H23N2O2-3. The molecule has 0 spiro atoms. The standard InChI is InChI=1S/C42H23N2O2/c1-4-6-8-10-12-16-20-24-28-36-44(37-29-25-21-17-13-11-9-7-5-2)38-30-26-22-18-14-15-19-23-27-31-39-46-41-34-32-40(33-35-41)42(45)43-3/h4-7,39-41H,1-2,32-35H2,3H3,(H,43,45)/q-3. The molecule has 0 atom stereocenters. The number of ether oxygens (including phenoxy) is 1. The average molecular weight is 588 g/mol. The van der Waals surface area contributed by atoms with Crippen LogP contribution >= 0.6 is 0 Å². The topological polar surface area (TPSA) is 41.6 Å². The van der Waals surface area contributed by atoms with Gasteiger partial charge in [-0.1, -0.05) is 11.8 Å². The molecule has 0 radical (unpaired) electrons. The molecule has 0 aliphatic heterocycles. The molecular weight excluding hydrogens is 564 g/mol. The third-order valence-electron chi connectivity index (χ3n) is 4.86. The van der Waals surface area contributed by atoms with Crippen LogP contribution in [0.4, 0.5) is 0 Å². The molecule has 0 bridgehead atoms. The van der Waals surface area contributed by atoms with Crippen LogP contribution in [-0.2, 0) is 9.53 Å². The van der Waals surface area contributed by atoms with Gasteiger partial charge in [0.15, 0.2) is 0 Å². The Hall–Kier alpha value is -7.69. The second-order valence-corrected chi connectivity index (χ2v) is 7.88. The molecule has 1 fully saturated rings. The van der Waals surface area contributed by atoms with Gasteiger partial charge in [0.25, 0.3) is 0 Å². The zero-order chi connectivity index (χ0) is 33.2. The van der Waals surface area contributed by atoms with E-state index in [4.69, 9.17) is 4.74 Å². The van der Waals surface area contributed by atoms with Crippen molar-refractivity contribution in [2.75, 3.05) is 7.05 Å². The summed E-state index contributed by atoms with van der Waals surface area (Å²) in [5.41, 5.74) is 0. The Balaban J connectivity index is 2.74. The maximum absolute atomic E-state index is 11.7. The molecule has 4 heteroatoms. The highest BCUT2D eigenvalue weighted by molar-refractivity contribution is 5.78. The van der Waals surface area contributed by atoms with Crippen LogP contribution in [0.5, 0.6) is 0 Å². The van der Waals surface area contributed by atoms with Crippen molar-refractivity contribution in [2.45, 2.75) is 31.8 Å². The summed E-state index contributed by atoms with van der Waals surface area (Å²) in [4.78, 5) is 12.8. The molecule has 216 valence electrons. The highest BCUT2D eigenvalue weighted by atomic mass is 16.5. The first-order chi connectivity index (χ1) is 22.7. The van der Waals surface area contributed by atoms with Gasteiger partial charge in [-0.3, -0.25) is 10.7 Å². The van der Waals surface area contributed by atoms with E-state index in [1.807, 2.05) is 0 Å². The molecule has 1 aliphatic carbocycles. The van der Waals surface area contributed by atoms with Crippen molar-refractivity contribution < 1.29 is 9.53 Å². The van der Waals surface area contributed by atoms with Gasteiger partial charge in [-0.2, -0.15) is 48.1 Å². The van der Waals surface area contributed by atoms with Crippen molar-refractivity contribution in [3.05, 3.63) is 50.5 Å². The number of allylic oxidation sites excluding steroid dienone is 3. The maximum Gasteiger partial charge on any atom is 0.222 e. The van der Waals surface area contributed by atoms with Crippen molar-refractivity contribution in [3.63, 3.8) is 0 Å². The maximum atomic E-state index is 11.7. The lowest BCUT2D eigenvalue weighted by atomic mass is 9.87. The van der Waals surface area contributed by atoms with E-state index < -0.39 is 0 Å². The average Bonchev–Trinajstić information content (AvgIpc) is 3.08. The fourth-order valence-corrected chi connectivity index (χ4v) is 2.94. The number of nitrogens with zero attached hydrogens (tertiary/aromatic N) is 1. The van der Waals surface area contributed by atoms with Crippen LogP contribution in [0.3, 0.4) is 0 Å². The van der Waals surface area contributed by atoms with Crippen LogP contribution in [0.15, 0.2) is 31.6 Å². The summed E-state index contributed by atoms with van der Waals surface area (Å²) in [6, 6.07) is 7.95. The third-order valence-corrected chi connectivity index (χ3v) is 4.86. The van der Waals surface area contributed by atoms with Gasteiger partial charge in [0.1, 0.15) is 0 Å². The van der Waals surface area contributed by atoms with E-state index in [9.17, 15) is 4.79 Å². The van der Waals surface area contributed by atoms with E-state index in [0.29, 0.717) is 0 Å². The molecule has 1 N–H and O–H groups in total. The van der Waals surface area contributed by atoms with E-state index >= 15 is 0 Å². The second kappa shape index (κ2) is 27.5. The Morgan fingerprint density at radius 2 is 1.09 bits per heavy atom. The number of carbonyl (C=O) groups excluding carboxylic acids is 1. The number of hydrogen-bond donors (Lipinski definition) is 1. The largest absolute Gasteiger partial charge is 0.517 e. The molecule has 1 rings (SSSR count). The summed E-state index contributed by atoms with van der Waals surface area (Å²) >= 11 is 0. The summed E-state index contributed by atoms with van der Waals surface area (Å²) in [6.07, 6.45) is 13.7. The van der Waals surface area contributed by atoms with Gasteiger partial charge in [-0.25, -0.2) is 17.8 Å². The first-order valence-electron chi connectivity index (χ1n) is 13.4. The lowest BCUT2D eigenvalue weighted by Crippen LogP contribution is -2.32.